The lowest BCUT2D eigenvalue weighted by Crippen LogP contribution is -2.36. The molecule has 6 nitrogen and oxygen atoms in total. The molecule has 0 bridgehead atoms. The Labute approximate surface area is 124 Å². The molecule has 4 heterocycles. The summed E-state index contributed by atoms with van der Waals surface area (Å²) in [5.41, 5.74) is 2.13. The highest BCUT2D eigenvalue weighted by molar-refractivity contribution is 7.22. The highest BCUT2D eigenvalue weighted by Gasteiger charge is 2.45. The third-order valence-corrected chi connectivity index (χ3v) is 5.36. The van der Waals surface area contributed by atoms with Gasteiger partial charge in [0.15, 0.2) is 5.13 Å². The molecule has 2 aromatic rings. The predicted octanol–water partition coefficient (Wildman–Crippen LogP) is 1.53. The molecule has 1 N–H and O–H groups in total. The average molecular weight is 303 g/mol. The smallest absolute Gasteiger partial charge is 0.324 e. The van der Waals surface area contributed by atoms with Crippen LogP contribution in [0.4, 0.5) is 9.93 Å². The minimum Gasteiger partial charge on any atom is -0.493 e. The van der Waals surface area contributed by atoms with Gasteiger partial charge in [0.1, 0.15) is 5.75 Å². The summed E-state index contributed by atoms with van der Waals surface area (Å²) in [5, 5.41) is 3.72. The van der Waals surface area contributed by atoms with E-state index in [0.29, 0.717) is 19.8 Å². The van der Waals surface area contributed by atoms with Gasteiger partial charge in [-0.15, -0.1) is 0 Å². The van der Waals surface area contributed by atoms with Gasteiger partial charge in [0.25, 0.3) is 0 Å². The molecule has 5 rings (SSSR count). The molecule has 108 valence electrons. The van der Waals surface area contributed by atoms with Gasteiger partial charge in [-0.1, -0.05) is 11.3 Å². The minimum atomic E-state index is -0.0692. The first-order valence-electron chi connectivity index (χ1n) is 7.04. The SMILES string of the molecule is O=C1N[C@H]2COC[C@H]2N1c1nc2c3c(ccc2s1)OCC3. The van der Waals surface area contributed by atoms with E-state index in [1.165, 1.54) is 0 Å². The van der Waals surface area contributed by atoms with E-state index < -0.39 is 0 Å². The van der Waals surface area contributed by atoms with Crippen molar-refractivity contribution in [2.24, 2.45) is 0 Å². The first kappa shape index (κ1) is 11.8. The molecular formula is C14H13N3O3S. The number of nitrogens with one attached hydrogen (secondary N) is 1. The molecule has 2 atom stereocenters. The van der Waals surface area contributed by atoms with Crippen molar-refractivity contribution in [2.45, 2.75) is 18.5 Å². The Morgan fingerprint density at radius 1 is 1.38 bits per heavy atom. The van der Waals surface area contributed by atoms with Crippen LogP contribution in [0.5, 0.6) is 5.75 Å². The summed E-state index contributed by atoms with van der Waals surface area (Å²) in [7, 11) is 0. The fourth-order valence-electron chi connectivity index (χ4n) is 3.30. The van der Waals surface area contributed by atoms with Crippen LogP contribution in [-0.4, -0.2) is 42.9 Å². The van der Waals surface area contributed by atoms with Gasteiger partial charge in [0, 0.05) is 12.0 Å². The lowest BCUT2D eigenvalue weighted by Gasteiger charge is -2.17. The van der Waals surface area contributed by atoms with E-state index in [9.17, 15) is 4.79 Å². The van der Waals surface area contributed by atoms with Gasteiger partial charge in [-0.2, -0.15) is 0 Å². The highest BCUT2D eigenvalue weighted by Crippen LogP contribution is 2.39. The van der Waals surface area contributed by atoms with E-state index in [1.807, 2.05) is 12.1 Å². The van der Waals surface area contributed by atoms with Gasteiger partial charge >= 0.3 is 6.03 Å². The van der Waals surface area contributed by atoms with Crippen molar-refractivity contribution in [3.8, 4) is 5.75 Å². The van der Waals surface area contributed by atoms with Gasteiger partial charge in [-0.3, -0.25) is 4.90 Å². The number of carbonyl (C=O) groups excluding carboxylic acids is 1. The first-order valence-corrected chi connectivity index (χ1v) is 7.85. The summed E-state index contributed by atoms with van der Waals surface area (Å²) < 4.78 is 12.1. The fourth-order valence-corrected chi connectivity index (χ4v) is 4.36. The quantitative estimate of drug-likeness (QED) is 0.868. The number of rotatable bonds is 1. The van der Waals surface area contributed by atoms with E-state index >= 15 is 0 Å². The van der Waals surface area contributed by atoms with Crippen LogP contribution in [-0.2, 0) is 11.2 Å². The number of thiazole rings is 1. The number of nitrogens with zero attached hydrogens (tertiary/aromatic N) is 2. The molecular weight excluding hydrogens is 290 g/mol. The lowest BCUT2D eigenvalue weighted by molar-refractivity contribution is 0.182. The third-order valence-electron chi connectivity index (χ3n) is 4.34. The summed E-state index contributed by atoms with van der Waals surface area (Å²) in [6, 6.07) is 4.09. The van der Waals surface area contributed by atoms with Gasteiger partial charge in [0.05, 0.1) is 42.1 Å². The Morgan fingerprint density at radius 3 is 3.29 bits per heavy atom. The van der Waals surface area contributed by atoms with Crippen LogP contribution in [0.2, 0.25) is 0 Å². The number of aromatic nitrogens is 1. The largest absolute Gasteiger partial charge is 0.493 e. The average Bonchev–Trinajstić information content (AvgIpc) is 3.18. The zero-order chi connectivity index (χ0) is 14.0. The van der Waals surface area contributed by atoms with E-state index in [-0.39, 0.29) is 18.1 Å². The number of benzene rings is 1. The second-order valence-corrected chi connectivity index (χ2v) is 6.52. The highest BCUT2D eigenvalue weighted by atomic mass is 32.1. The maximum absolute atomic E-state index is 12.2. The van der Waals surface area contributed by atoms with Crippen molar-refractivity contribution in [3.63, 3.8) is 0 Å². The summed E-state index contributed by atoms with van der Waals surface area (Å²) in [6.45, 7) is 1.87. The van der Waals surface area contributed by atoms with Crippen molar-refractivity contribution >= 4 is 32.7 Å². The molecule has 3 aliphatic rings. The van der Waals surface area contributed by atoms with E-state index in [2.05, 4.69) is 5.32 Å². The maximum Gasteiger partial charge on any atom is 0.324 e. The second-order valence-electron chi connectivity index (χ2n) is 5.51. The lowest BCUT2D eigenvalue weighted by atomic mass is 10.1. The zero-order valence-corrected chi connectivity index (χ0v) is 12.0. The van der Waals surface area contributed by atoms with Gasteiger partial charge in [-0.05, 0) is 12.1 Å². The van der Waals surface area contributed by atoms with Crippen molar-refractivity contribution in [3.05, 3.63) is 17.7 Å². The molecule has 1 aromatic heterocycles. The summed E-state index contributed by atoms with van der Waals surface area (Å²) in [5.74, 6) is 0.923. The summed E-state index contributed by atoms with van der Waals surface area (Å²) >= 11 is 1.56. The van der Waals surface area contributed by atoms with Gasteiger partial charge in [0.2, 0.25) is 0 Å². The molecule has 2 fully saturated rings. The molecule has 0 unspecified atom stereocenters. The summed E-state index contributed by atoms with van der Waals surface area (Å²) in [4.78, 5) is 18.7. The normalized spacial score (nSPS) is 26.9. The van der Waals surface area contributed by atoms with Crippen LogP contribution in [0.25, 0.3) is 10.2 Å². The number of hydrogen-bond acceptors (Lipinski definition) is 5. The van der Waals surface area contributed by atoms with Crippen LogP contribution in [0.3, 0.4) is 0 Å². The van der Waals surface area contributed by atoms with Crippen LogP contribution in [0, 0.1) is 0 Å². The Kier molecular flexibility index (Phi) is 2.29. The van der Waals surface area contributed by atoms with Gasteiger partial charge < -0.3 is 14.8 Å². The zero-order valence-electron chi connectivity index (χ0n) is 11.2. The molecule has 3 aliphatic heterocycles. The summed E-state index contributed by atoms with van der Waals surface area (Å²) in [6.07, 6.45) is 0.886. The molecule has 2 saturated heterocycles. The van der Waals surface area contributed by atoms with Crippen LogP contribution in [0.1, 0.15) is 5.56 Å². The van der Waals surface area contributed by atoms with Crippen molar-refractivity contribution in [1.82, 2.24) is 10.3 Å². The van der Waals surface area contributed by atoms with Crippen LogP contribution in [0.15, 0.2) is 12.1 Å². The monoisotopic (exact) mass is 303 g/mol. The fraction of sp³-hybridized carbons (Fsp3) is 0.429. The Hall–Kier alpha value is -1.86. The molecule has 0 aliphatic carbocycles. The number of anilines is 1. The number of urea groups is 1. The third kappa shape index (κ3) is 1.55. The Morgan fingerprint density at radius 2 is 2.33 bits per heavy atom. The second kappa shape index (κ2) is 4.08. The molecule has 1 aromatic carbocycles. The standard InChI is InChI=1S/C14H13N3O3S/c18-13-15-8-5-19-6-9(8)17(13)14-16-12-7-3-4-20-10(7)1-2-11(12)21-14/h1-2,8-9H,3-6H2,(H,15,18)/t8-,9+/m0/s1. The number of fused-ring (bicyclic) bond motifs is 4. The first-order chi connectivity index (χ1) is 10.3. The van der Waals surface area contributed by atoms with Crippen molar-refractivity contribution in [1.29, 1.82) is 0 Å². The topological polar surface area (TPSA) is 63.7 Å². The van der Waals surface area contributed by atoms with Crippen LogP contribution >= 0.6 is 11.3 Å². The number of carbonyl (C=O) groups is 1. The molecule has 21 heavy (non-hydrogen) atoms. The maximum atomic E-state index is 12.2. The minimum absolute atomic E-state index is 0.0577. The number of ether oxygens (including phenoxy) is 2. The number of amides is 2. The molecule has 2 amide bonds. The Bertz CT molecular complexity index is 759. The molecule has 0 saturated carbocycles. The number of hydrogen-bond donors (Lipinski definition) is 1. The van der Waals surface area contributed by atoms with Gasteiger partial charge in [-0.25, -0.2) is 9.78 Å². The van der Waals surface area contributed by atoms with Crippen LogP contribution < -0.4 is 15.0 Å². The van der Waals surface area contributed by atoms with Crippen molar-refractivity contribution in [2.75, 3.05) is 24.7 Å². The molecule has 7 heteroatoms. The van der Waals surface area contributed by atoms with E-state index in [1.54, 1.807) is 16.2 Å². The molecule has 0 spiro atoms. The molecule has 0 radical (unpaired) electrons. The van der Waals surface area contributed by atoms with E-state index in [4.69, 9.17) is 14.5 Å². The van der Waals surface area contributed by atoms with E-state index in [0.717, 1.165) is 33.1 Å². The Balaban J connectivity index is 1.63. The van der Waals surface area contributed by atoms with Crippen molar-refractivity contribution < 1.29 is 14.3 Å². The predicted molar refractivity (Wildman–Crippen MR) is 78.2 cm³/mol.